The molecular weight excluding hydrogens is 389 g/mol. The van der Waals surface area contributed by atoms with Crippen molar-refractivity contribution in [2.45, 2.75) is 26.3 Å². The smallest absolute Gasteiger partial charge is 0.264 e. The van der Waals surface area contributed by atoms with E-state index in [1.54, 1.807) is 41.3 Å². The highest BCUT2D eigenvalue weighted by Gasteiger charge is 2.20. The van der Waals surface area contributed by atoms with Crippen molar-refractivity contribution in [3.8, 4) is 0 Å². The molecule has 0 aliphatic rings. The van der Waals surface area contributed by atoms with Gasteiger partial charge in [0.2, 0.25) is 0 Å². The van der Waals surface area contributed by atoms with Gasteiger partial charge in [0.15, 0.2) is 0 Å². The fourth-order valence-corrected chi connectivity index (χ4v) is 4.32. The summed E-state index contributed by atoms with van der Waals surface area (Å²) in [5.41, 5.74) is 0.371. The zero-order valence-electron chi connectivity index (χ0n) is 15.9. The molecule has 2 aromatic carbocycles. The van der Waals surface area contributed by atoms with Crippen molar-refractivity contribution in [1.82, 2.24) is 14.9 Å². The van der Waals surface area contributed by atoms with Crippen LogP contribution in [-0.4, -0.2) is 27.3 Å². The van der Waals surface area contributed by atoms with Crippen molar-refractivity contribution in [1.29, 1.82) is 0 Å². The van der Waals surface area contributed by atoms with Crippen molar-refractivity contribution in [3.63, 3.8) is 0 Å². The average molecular weight is 409 g/mol. The Morgan fingerprint density at radius 1 is 1.17 bits per heavy atom. The van der Waals surface area contributed by atoms with Gasteiger partial charge in [-0.15, -0.1) is 11.3 Å². The molecule has 0 bridgehead atoms. The lowest BCUT2D eigenvalue weighted by Gasteiger charge is -2.21. The zero-order valence-corrected chi connectivity index (χ0v) is 16.8. The van der Waals surface area contributed by atoms with E-state index in [1.807, 2.05) is 13.0 Å². The van der Waals surface area contributed by atoms with E-state index in [4.69, 9.17) is 0 Å². The van der Waals surface area contributed by atoms with Crippen LogP contribution in [0.5, 0.6) is 0 Å². The monoisotopic (exact) mass is 409 g/mol. The second-order valence-corrected chi connectivity index (χ2v) is 7.96. The lowest BCUT2D eigenvalue weighted by Crippen LogP contribution is -2.32. The van der Waals surface area contributed by atoms with Gasteiger partial charge in [0.1, 0.15) is 11.6 Å². The molecule has 0 fully saturated rings. The molecule has 4 rings (SSSR count). The molecule has 1 amide bonds. The Balaban J connectivity index is 1.67. The number of fused-ring (bicyclic) bond motifs is 2. The number of aromatic nitrogens is 2. The quantitative estimate of drug-likeness (QED) is 0.501. The summed E-state index contributed by atoms with van der Waals surface area (Å²) in [6, 6.07) is 13.5. The van der Waals surface area contributed by atoms with Crippen LogP contribution in [0.4, 0.5) is 4.39 Å². The van der Waals surface area contributed by atoms with Gasteiger partial charge < -0.3 is 9.88 Å². The van der Waals surface area contributed by atoms with E-state index in [-0.39, 0.29) is 23.8 Å². The minimum atomic E-state index is -0.335. The summed E-state index contributed by atoms with van der Waals surface area (Å²) in [4.78, 5) is 35.0. The van der Waals surface area contributed by atoms with Gasteiger partial charge in [-0.25, -0.2) is 9.37 Å². The highest BCUT2D eigenvalue weighted by atomic mass is 32.1. The van der Waals surface area contributed by atoms with Crippen molar-refractivity contribution in [2.75, 3.05) is 6.54 Å². The van der Waals surface area contributed by atoms with E-state index < -0.39 is 0 Å². The third kappa shape index (κ3) is 3.91. The Morgan fingerprint density at radius 3 is 2.79 bits per heavy atom. The number of nitrogens with zero attached hydrogens (tertiary/aromatic N) is 2. The molecular formula is C22H20FN3O2S. The molecule has 5 nitrogen and oxygen atoms in total. The van der Waals surface area contributed by atoms with Crippen LogP contribution >= 0.6 is 11.3 Å². The van der Waals surface area contributed by atoms with E-state index in [1.165, 1.54) is 17.4 Å². The molecule has 2 heterocycles. The Kier molecular flexibility index (Phi) is 5.40. The maximum absolute atomic E-state index is 14.0. The molecule has 0 saturated carbocycles. The SMILES string of the molecule is CCCCN(Cc1nc2ccccc2c(=O)[nH]1)C(=O)c1cc2c(F)cccc2s1. The van der Waals surface area contributed by atoms with E-state index in [0.29, 0.717) is 33.5 Å². The summed E-state index contributed by atoms with van der Waals surface area (Å²) in [5, 5.41) is 0.969. The fraction of sp³-hybridized carbons (Fsp3) is 0.227. The maximum atomic E-state index is 14.0. The normalized spacial score (nSPS) is 11.2. The summed E-state index contributed by atoms with van der Waals surface area (Å²) in [5.74, 6) is -0.0845. The number of aromatic amines is 1. The number of hydrogen-bond acceptors (Lipinski definition) is 4. The van der Waals surface area contributed by atoms with Gasteiger partial charge in [0.25, 0.3) is 11.5 Å². The standard InChI is InChI=1S/C22H20FN3O2S/c1-2-3-11-26(13-20-24-17-9-5-4-7-14(17)21(27)25-20)22(28)19-12-15-16(23)8-6-10-18(15)29-19/h4-10,12H,2-3,11,13H2,1H3,(H,24,25,27). The molecule has 0 aliphatic carbocycles. The van der Waals surface area contributed by atoms with Crippen LogP contribution in [0.25, 0.3) is 21.0 Å². The number of rotatable bonds is 6. The Morgan fingerprint density at radius 2 is 2.00 bits per heavy atom. The number of carbonyl (C=O) groups is 1. The third-order valence-corrected chi connectivity index (χ3v) is 5.88. The molecule has 4 aromatic rings. The van der Waals surface area contributed by atoms with Crippen LogP contribution < -0.4 is 5.56 Å². The summed E-state index contributed by atoms with van der Waals surface area (Å²) in [6.45, 7) is 2.77. The van der Waals surface area contributed by atoms with Crippen molar-refractivity contribution in [3.05, 3.63) is 75.4 Å². The number of carbonyl (C=O) groups excluding carboxylic acids is 1. The molecule has 2 aromatic heterocycles. The van der Waals surface area contributed by atoms with Gasteiger partial charge in [-0.05, 0) is 36.8 Å². The Hall–Kier alpha value is -3.06. The molecule has 0 radical (unpaired) electrons. The lowest BCUT2D eigenvalue weighted by atomic mass is 10.2. The van der Waals surface area contributed by atoms with E-state index in [2.05, 4.69) is 9.97 Å². The van der Waals surface area contributed by atoms with E-state index in [0.717, 1.165) is 17.5 Å². The second kappa shape index (κ2) is 8.13. The number of H-pyrrole nitrogens is 1. The highest BCUT2D eigenvalue weighted by molar-refractivity contribution is 7.20. The predicted molar refractivity (Wildman–Crippen MR) is 114 cm³/mol. The third-order valence-electron chi connectivity index (χ3n) is 4.79. The topological polar surface area (TPSA) is 66.1 Å². The molecule has 0 spiro atoms. The van der Waals surface area contributed by atoms with E-state index in [9.17, 15) is 14.0 Å². The van der Waals surface area contributed by atoms with E-state index >= 15 is 0 Å². The second-order valence-electron chi connectivity index (χ2n) is 6.87. The largest absolute Gasteiger partial charge is 0.330 e. The molecule has 29 heavy (non-hydrogen) atoms. The molecule has 7 heteroatoms. The average Bonchev–Trinajstić information content (AvgIpc) is 3.16. The van der Waals surface area contributed by atoms with Crippen LogP contribution in [0, 0.1) is 5.82 Å². The number of thiophene rings is 1. The van der Waals surface area contributed by atoms with Crippen LogP contribution in [-0.2, 0) is 6.54 Å². The van der Waals surface area contributed by atoms with Gasteiger partial charge in [-0.1, -0.05) is 31.5 Å². The molecule has 0 saturated heterocycles. The van der Waals surface area contributed by atoms with Crippen molar-refractivity contribution >= 4 is 38.2 Å². The van der Waals surface area contributed by atoms with Gasteiger partial charge in [-0.2, -0.15) is 0 Å². The molecule has 0 atom stereocenters. The van der Waals surface area contributed by atoms with Crippen LogP contribution in [0.1, 0.15) is 35.3 Å². The Bertz CT molecular complexity index is 1250. The number of benzene rings is 2. The summed E-state index contributed by atoms with van der Waals surface area (Å²) in [6.07, 6.45) is 1.75. The number of hydrogen-bond donors (Lipinski definition) is 1. The first kappa shape index (κ1) is 19.3. The maximum Gasteiger partial charge on any atom is 0.264 e. The minimum Gasteiger partial charge on any atom is -0.330 e. The minimum absolute atomic E-state index is 0.185. The molecule has 0 unspecified atom stereocenters. The number of nitrogens with one attached hydrogen (secondary N) is 1. The van der Waals surface area contributed by atoms with Gasteiger partial charge >= 0.3 is 0 Å². The van der Waals surface area contributed by atoms with Gasteiger partial charge in [0, 0.05) is 16.6 Å². The first-order chi connectivity index (χ1) is 14.1. The molecule has 1 N–H and O–H groups in total. The number of para-hydroxylation sites is 1. The van der Waals surface area contributed by atoms with Crippen LogP contribution in [0.2, 0.25) is 0 Å². The van der Waals surface area contributed by atoms with Gasteiger partial charge in [0.05, 0.1) is 22.3 Å². The van der Waals surface area contributed by atoms with Crippen molar-refractivity contribution in [2.24, 2.45) is 0 Å². The predicted octanol–water partition coefficient (Wildman–Crippen LogP) is 4.72. The van der Waals surface area contributed by atoms with Gasteiger partial charge in [-0.3, -0.25) is 9.59 Å². The molecule has 148 valence electrons. The first-order valence-electron chi connectivity index (χ1n) is 9.52. The lowest BCUT2D eigenvalue weighted by molar-refractivity contribution is 0.0741. The van der Waals surface area contributed by atoms with Crippen molar-refractivity contribution < 1.29 is 9.18 Å². The zero-order chi connectivity index (χ0) is 20.4. The number of unbranched alkanes of at least 4 members (excludes halogenated alkanes) is 1. The number of amides is 1. The van der Waals surface area contributed by atoms with Crippen LogP contribution in [0.15, 0.2) is 53.3 Å². The fourth-order valence-electron chi connectivity index (χ4n) is 3.28. The van der Waals surface area contributed by atoms with Crippen LogP contribution in [0.3, 0.4) is 0 Å². The summed E-state index contributed by atoms with van der Waals surface area (Å²) < 4.78 is 14.8. The summed E-state index contributed by atoms with van der Waals surface area (Å²) in [7, 11) is 0. The highest BCUT2D eigenvalue weighted by Crippen LogP contribution is 2.29. The Labute approximate surface area is 170 Å². The molecule has 0 aliphatic heterocycles. The number of halogens is 1. The first-order valence-corrected chi connectivity index (χ1v) is 10.3. The summed E-state index contributed by atoms with van der Waals surface area (Å²) >= 11 is 1.27.